The van der Waals surface area contributed by atoms with Crippen LogP contribution in [-0.4, -0.2) is 11.8 Å². The van der Waals surface area contributed by atoms with Crippen LogP contribution in [0.1, 0.15) is 45.1 Å². The molecule has 1 aromatic carbocycles. The summed E-state index contributed by atoms with van der Waals surface area (Å²) in [5.74, 6) is -0.259. The van der Waals surface area contributed by atoms with Crippen molar-refractivity contribution in [2.24, 2.45) is 11.3 Å². The Hall–Kier alpha value is -1.64. The van der Waals surface area contributed by atoms with Crippen molar-refractivity contribution in [3.05, 3.63) is 35.9 Å². The van der Waals surface area contributed by atoms with Gasteiger partial charge < -0.3 is 0 Å². The van der Waals surface area contributed by atoms with Gasteiger partial charge in [0.25, 0.3) is 0 Å². The van der Waals surface area contributed by atoms with E-state index < -0.39 is 0 Å². The maximum atomic E-state index is 12.1. The molecule has 0 bridgehead atoms. The number of nitrogens with one attached hydrogen (secondary N) is 1. The van der Waals surface area contributed by atoms with Gasteiger partial charge in [-0.05, 0) is 30.2 Å². The first-order chi connectivity index (χ1) is 9.55. The van der Waals surface area contributed by atoms with Crippen LogP contribution in [0, 0.1) is 11.3 Å². The van der Waals surface area contributed by atoms with E-state index in [-0.39, 0.29) is 23.1 Å². The minimum atomic E-state index is -0.217. The molecule has 2 amide bonds. The van der Waals surface area contributed by atoms with Crippen LogP contribution in [0.5, 0.6) is 0 Å². The molecular formula is C17H23NO2. The smallest absolute Gasteiger partial charge is 0.230 e. The van der Waals surface area contributed by atoms with E-state index in [9.17, 15) is 9.59 Å². The van der Waals surface area contributed by atoms with Crippen LogP contribution in [0.4, 0.5) is 0 Å². The normalized spacial score (nSPS) is 26.4. The Morgan fingerprint density at radius 1 is 1.25 bits per heavy atom. The Balaban J connectivity index is 2.11. The molecular weight excluding hydrogens is 250 g/mol. The maximum Gasteiger partial charge on any atom is 0.230 e. The van der Waals surface area contributed by atoms with Gasteiger partial charge >= 0.3 is 0 Å². The minimum Gasteiger partial charge on any atom is -0.296 e. The van der Waals surface area contributed by atoms with E-state index in [0.717, 1.165) is 25.7 Å². The highest BCUT2D eigenvalue weighted by Gasteiger charge is 2.43. The second-order valence-corrected chi connectivity index (χ2v) is 6.07. The number of carbonyl (C=O) groups excluding carboxylic acids is 2. The number of hydrogen-bond donors (Lipinski definition) is 1. The SMILES string of the molecule is CCCC1C(=O)NC(=O)CC1(C)CCc1ccccc1. The lowest BCUT2D eigenvalue weighted by molar-refractivity contribution is -0.143. The van der Waals surface area contributed by atoms with Crippen LogP contribution in [0.2, 0.25) is 0 Å². The molecule has 0 saturated carbocycles. The summed E-state index contributed by atoms with van der Waals surface area (Å²) in [7, 11) is 0. The Labute approximate surface area is 120 Å². The third kappa shape index (κ3) is 3.27. The summed E-state index contributed by atoms with van der Waals surface area (Å²) in [5.41, 5.74) is 1.05. The lowest BCUT2D eigenvalue weighted by Crippen LogP contribution is -2.51. The van der Waals surface area contributed by atoms with Gasteiger partial charge in [-0.2, -0.15) is 0 Å². The minimum absolute atomic E-state index is 0.0473. The number of aryl methyl sites for hydroxylation is 1. The van der Waals surface area contributed by atoms with E-state index in [1.165, 1.54) is 5.56 Å². The van der Waals surface area contributed by atoms with Crippen LogP contribution in [0.3, 0.4) is 0 Å². The first-order valence-electron chi connectivity index (χ1n) is 7.43. The van der Waals surface area contributed by atoms with Crippen molar-refractivity contribution in [1.82, 2.24) is 5.32 Å². The first kappa shape index (κ1) is 14.8. The molecule has 1 fully saturated rings. The summed E-state index contributed by atoms with van der Waals surface area (Å²) in [5, 5.41) is 2.49. The molecule has 108 valence electrons. The number of carbonyl (C=O) groups is 2. The zero-order valence-electron chi connectivity index (χ0n) is 12.3. The Morgan fingerprint density at radius 2 is 1.95 bits per heavy atom. The number of imide groups is 1. The van der Waals surface area contributed by atoms with E-state index in [1.807, 2.05) is 18.2 Å². The summed E-state index contributed by atoms with van der Waals surface area (Å²) in [6.45, 7) is 4.17. The molecule has 20 heavy (non-hydrogen) atoms. The van der Waals surface area contributed by atoms with Crippen molar-refractivity contribution >= 4 is 11.8 Å². The van der Waals surface area contributed by atoms with Gasteiger partial charge in [0.05, 0.1) is 0 Å². The van der Waals surface area contributed by atoms with E-state index >= 15 is 0 Å². The molecule has 1 saturated heterocycles. The van der Waals surface area contributed by atoms with Crippen molar-refractivity contribution < 1.29 is 9.59 Å². The van der Waals surface area contributed by atoms with E-state index in [0.29, 0.717) is 6.42 Å². The van der Waals surface area contributed by atoms with E-state index in [1.54, 1.807) is 0 Å². The summed E-state index contributed by atoms with van der Waals surface area (Å²) < 4.78 is 0. The van der Waals surface area contributed by atoms with Crippen molar-refractivity contribution in [2.75, 3.05) is 0 Å². The van der Waals surface area contributed by atoms with Crippen LogP contribution in [0.25, 0.3) is 0 Å². The van der Waals surface area contributed by atoms with Crippen molar-refractivity contribution in [3.63, 3.8) is 0 Å². The molecule has 2 unspecified atom stereocenters. The molecule has 0 aliphatic carbocycles. The van der Waals surface area contributed by atoms with Crippen molar-refractivity contribution in [3.8, 4) is 0 Å². The lowest BCUT2D eigenvalue weighted by Gasteiger charge is -2.40. The molecule has 1 aromatic rings. The average Bonchev–Trinajstić information content (AvgIpc) is 2.42. The fourth-order valence-electron chi connectivity index (χ4n) is 3.18. The number of hydrogen-bond acceptors (Lipinski definition) is 2. The quantitative estimate of drug-likeness (QED) is 0.838. The Bertz CT molecular complexity index is 483. The van der Waals surface area contributed by atoms with Gasteiger partial charge in [0.15, 0.2) is 0 Å². The van der Waals surface area contributed by atoms with E-state index in [2.05, 4.69) is 31.3 Å². The number of amides is 2. The summed E-state index contributed by atoms with van der Waals surface area (Å²) in [4.78, 5) is 23.8. The zero-order chi connectivity index (χ0) is 14.6. The number of rotatable bonds is 5. The van der Waals surface area contributed by atoms with Crippen LogP contribution in [-0.2, 0) is 16.0 Å². The molecule has 1 heterocycles. The molecule has 2 rings (SSSR count). The van der Waals surface area contributed by atoms with E-state index in [4.69, 9.17) is 0 Å². The fourth-order valence-corrected chi connectivity index (χ4v) is 3.18. The second kappa shape index (κ2) is 6.21. The van der Waals surface area contributed by atoms with Crippen molar-refractivity contribution in [2.45, 2.75) is 46.0 Å². The van der Waals surface area contributed by atoms with Gasteiger partial charge in [-0.1, -0.05) is 50.6 Å². The van der Waals surface area contributed by atoms with Gasteiger partial charge in [-0.3, -0.25) is 14.9 Å². The second-order valence-electron chi connectivity index (χ2n) is 6.07. The molecule has 3 heteroatoms. The highest BCUT2D eigenvalue weighted by molar-refractivity contribution is 5.99. The highest BCUT2D eigenvalue weighted by atomic mass is 16.2. The van der Waals surface area contributed by atoms with Gasteiger partial charge in [0.1, 0.15) is 0 Å². The largest absolute Gasteiger partial charge is 0.296 e. The Kier molecular flexibility index (Phi) is 4.58. The average molecular weight is 273 g/mol. The number of piperidine rings is 1. The molecule has 0 aromatic heterocycles. The maximum absolute atomic E-state index is 12.1. The molecule has 1 N–H and O–H groups in total. The molecule has 1 aliphatic heterocycles. The summed E-state index contributed by atoms with van der Waals surface area (Å²) >= 11 is 0. The monoisotopic (exact) mass is 273 g/mol. The molecule has 3 nitrogen and oxygen atoms in total. The van der Waals surface area contributed by atoms with Crippen LogP contribution < -0.4 is 5.32 Å². The summed E-state index contributed by atoms with van der Waals surface area (Å²) in [6, 6.07) is 10.3. The number of benzene rings is 1. The molecule has 0 radical (unpaired) electrons. The molecule has 0 spiro atoms. The third-order valence-corrected chi connectivity index (χ3v) is 4.39. The lowest BCUT2D eigenvalue weighted by atomic mass is 9.67. The topological polar surface area (TPSA) is 46.2 Å². The van der Waals surface area contributed by atoms with Gasteiger partial charge in [-0.15, -0.1) is 0 Å². The van der Waals surface area contributed by atoms with Crippen LogP contribution >= 0.6 is 0 Å². The van der Waals surface area contributed by atoms with Crippen LogP contribution in [0.15, 0.2) is 30.3 Å². The van der Waals surface area contributed by atoms with Gasteiger partial charge in [0.2, 0.25) is 11.8 Å². The molecule has 2 atom stereocenters. The molecule has 1 aliphatic rings. The highest BCUT2D eigenvalue weighted by Crippen LogP contribution is 2.41. The van der Waals surface area contributed by atoms with Crippen molar-refractivity contribution in [1.29, 1.82) is 0 Å². The van der Waals surface area contributed by atoms with Gasteiger partial charge in [0, 0.05) is 12.3 Å². The predicted molar refractivity (Wildman–Crippen MR) is 79.0 cm³/mol. The fraction of sp³-hybridized carbons (Fsp3) is 0.529. The first-order valence-corrected chi connectivity index (χ1v) is 7.43. The summed E-state index contributed by atoms with van der Waals surface area (Å²) in [6.07, 6.45) is 4.06. The zero-order valence-corrected chi connectivity index (χ0v) is 12.3. The standard InChI is InChI=1S/C17H23NO2/c1-3-7-14-16(20)18-15(19)12-17(14,2)11-10-13-8-5-4-6-9-13/h4-6,8-9,14H,3,7,10-12H2,1-2H3,(H,18,19,20). The predicted octanol–water partition coefficient (Wildman–Crippen LogP) is 3.09. The van der Waals surface area contributed by atoms with Gasteiger partial charge in [-0.25, -0.2) is 0 Å². The third-order valence-electron chi connectivity index (χ3n) is 4.39. The Morgan fingerprint density at radius 3 is 2.60 bits per heavy atom.